The largest absolute Gasteiger partial charge is 0.369 e. The zero-order chi connectivity index (χ0) is 13.0. The van der Waals surface area contributed by atoms with Gasteiger partial charge in [0, 0.05) is 12.1 Å². The van der Waals surface area contributed by atoms with Crippen molar-refractivity contribution < 1.29 is 0 Å². The van der Waals surface area contributed by atoms with Crippen LogP contribution in [0.3, 0.4) is 0 Å². The Morgan fingerprint density at radius 1 is 1.06 bits per heavy atom. The number of anilines is 1. The van der Waals surface area contributed by atoms with E-state index < -0.39 is 0 Å². The lowest BCUT2D eigenvalue weighted by atomic mass is 10.0. The summed E-state index contributed by atoms with van der Waals surface area (Å²) in [5.74, 6) is 0.839. The second kappa shape index (κ2) is 5.63. The summed E-state index contributed by atoms with van der Waals surface area (Å²) in [4.78, 5) is 0. The maximum atomic E-state index is 4.29. The minimum absolute atomic E-state index is 0.839. The number of benzene rings is 1. The third-order valence-electron chi connectivity index (χ3n) is 2.89. The van der Waals surface area contributed by atoms with Gasteiger partial charge in [0.15, 0.2) is 0 Å². The molecule has 0 atom stereocenters. The van der Waals surface area contributed by atoms with E-state index in [1.54, 1.807) is 0 Å². The molecule has 0 fully saturated rings. The van der Waals surface area contributed by atoms with Gasteiger partial charge in [0.05, 0.1) is 5.69 Å². The van der Waals surface area contributed by atoms with E-state index in [1.165, 1.54) is 11.1 Å². The number of aryl methyl sites for hydroxylation is 2. The Kier molecular flexibility index (Phi) is 3.92. The predicted molar refractivity (Wildman–Crippen MR) is 75.7 cm³/mol. The molecule has 0 radical (unpaired) electrons. The van der Waals surface area contributed by atoms with Crippen molar-refractivity contribution >= 4 is 5.82 Å². The minimum atomic E-state index is 0.839. The highest BCUT2D eigenvalue weighted by molar-refractivity contribution is 5.64. The van der Waals surface area contributed by atoms with E-state index in [-0.39, 0.29) is 0 Å². The highest BCUT2D eigenvalue weighted by atomic mass is 15.2. The average molecular weight is 241 g/mol. The molecule has 0 unspecified atom stereocenters. The highest BCUT2D eigenvalue weighted by Gasteiger charge is 2.04. The molecular formula is C15H19N3. The summed E-state index contributed by atoms with van der Waals surface area (Å²) in [5, 5.41) is 11.7. The Morgan fingerprint density at radius 3 is 2.56 bits per heavy atom. The van der Waals surface area contributed by atoms with E-state index >= 15 is 0 Å². The maximum absolute atomic E-state index is 4.29. The van der Waals surface area contributed by atoms with Crippen LogP contribution in [0.5, 0.6) is 0 Å². The molecule has 2 rings (SSSR count). The fourth-order valence-corrected chi connectivity index (χ4v) is 1.84. The molecule has 3 heteroatoms. The van der Waals surface area contributed by atoms with Crippen molar-refractivity contribution in [3.05, 3.63) is 41.5 Å². The van der Waals surface area contributed by atoms with Crippen LogP contribution in [-0.4, -0.2) is 16.7 Å². The normalized spacial score (nSPS) is 10.4. The summed E-state index contributed by atoms with van der Waals surface area (Å²) >= 11 is 0. The van der Waals surface area contributed by atoms with Gasteiger partial charge in [-0.15, -0.1) is 10.2 Å². The van der Waals surface area contributed by atoms with Gasteiger partial charge in [-0.3, -0.25) is 0 Å². The van der Waals surface area contributed by atoms with Crippen molar-refractivity contribution in [2.75, 3.05) is 11.9 Å². The molecule has 0 saturated heterocycles. The molecule has 0 aliphatic carbocycles. The molecule has 94 valence electrons. The number of nitrogens with zero attached hydrogens (tertiary/aromatic N) is 2. The van der Waals surface area contributed by atoms with Crippen LogP contribution in [0.2, 0.25) is 0 Å². The quantitative estimate of drug-likeness (QED) is 0.889. The molecular weight excluding hydrogens is 222 g/mol. The SMILES string of the molecule is CCCNc1ccc(-c2cc(C)ccc2C)nn1. The Labute approximate surface area is 108 Å². The number of nitrogens with one attached hydrogen (secondary N) is 1. The van der Waals surface area contributed by atoms with Gasteiger partial charge >= 0.3 is 0 Å². The first-order chi connectivity index (χ1) is 8.70. The van der Waals surface area contributed by atoms with Gasteiger partial charge in [-0.1, -0.05) is 24.6 Å². The van der Waals surface area contributed by atoms with Crippen molar-refractivity contribution in [1.82, 2.24) is 10.2 Å². The van der Waals surface area contributed by atoms with Crippen molar-refractivity contribution in [2.45, 2.75) is 27.2 Å². The number of rotatable bonds is 4. The molecule has 0 spiro atoms. The summed E-state index contributed by atoms with van der Waals surface area (Å²) in [6, 6.07) is 10.4. The van der Waals surface area contributed by atoms with Gasteiger partial charge in [0.25, 0.3) is 0 Å². The van der Waals surface area contributed by atoms with Gasteiger partial charge < -0.3 is 5.32 Å². The molecule has 1 aromatic heterocycles. The second-order valence-electron chi connectivity index (χ2n) is 4.55. The summed E-state index contributed by atoms with van der Waals surface area (Å²) in [6.45, 7) is 7.25. The van der Waals surface area contributed by atoms with E-state index in [2.05, 4.69) is 54.5 Å². The summed E-state index contributed by atoms with van der Waals surface area (Å²) in [6.07, 6.45) is 1.08. The molecule has 0 saturated carbocycles. The molecule has 0 amide bonds. The third kappa shape index (κ3) is 2.86. The van der Waals surface area contributed by atoms with E-state index in [4.69, 9.17) is 0 Å². The molecule has 2 aromatic rings. The van der Waals surface area contributed by atoms with Crippen LogP contribution < -0.4 is 5.32 Å². The van der Waals surface area contributed by atoms with E-state index in [0.717, 1.165) is 30.0 Å². The monoisotopic (exact) mass is 241 g/mol. The Balaban J connectivity index is 2.25. The van der Waals surface area contributed by atoms with Crippen LogP contribution >= 0.6 is 0 Å². The summed E-state index contributed by atoms with van der Waals surface area (Å²) in [7, 11) is 0. The first-order valence-corrected chi connectivity index (χ1v) is 6.36. The smallest absolute Gasteiger partial charge is 0.148 e. The predicted octanol–water partition coefficient (Wildman–Crippen LogP) is 3.58. The first kappa shape index (κ1) is 12.6. The number of aromatic nitrogens is 2. The van der Waals surface area contributed by atoms with Crippen LogP contribution in [0.25, 0.3) is 11.3 Å². The van der Waals surface area contributed by atoms with Crippen LogP contribution in [-0.2, 0) is 0 Å². The highest BCUT2D eigenvalue weighted by Crippen LogP contribution is 2.22. The zero-order valence-corrected chi connectivity index (χ0v) is 11.2. The molecule has 18 heavy (non-hydrogen) atoms. The number of hydrogen-bond donors (Lipinski definition) is 1. The standard InChI is InChI=1S/C15H19N3/c1-4-9-16-15-8-7-14(17-18-15)13-10-11(2)5-6-12(13)3/h5-8,10H,4,9H2,1-3H3,(H,16,18). The molecule has 3 nitrogen and oxygen atoms in total. The van der Waals surface area contributed by atoms with Crippen molar-refractivity contribution in [2.24, 2.45) is 0 Å². The van der Waals surface area contributed by atoms with E-state index in [0.29, 0.717) is 0 Å². The summed E-state index contributed by atoms with van der Waals surface area (Å²) in [5.41, 5.74) is 4.55. The van der Waals surface area contributed by atoms with Crippen LogP contribution in [0.1, 0.15) is 24.5 Å². The Hall–Kier alpha value is -1.90. The van der Waals surface area contributed by atoms with Crippen molar-refractivity contribution in [3.8, 4) is 11.3 Å². The molecule has 1 aromatic carbocycles. The van der Waals surface area contributed by atoms with Gasteiger partial charge in [0.1, 0.15) is 5.82 Å². The zero-order valence-electron chi connectivity index (χ0n) is 11.2. The maximum Gasteiger partial charge on any atom is 0.148 e. The fraction of sp³-hybridized carbons (Fsp3) is 0.333. The van der Waals surface area contributed by atoms with Crippen LogP contribution in [0.15, 0.2) is 30.3 Å². The van der Waals surface area contributed by atoms with Gasteiger partial charge in [-0.25, -0.2) is 0 Å². The van der Waals surface area contributed by atoms with Crippen LogP contribution in [0.4, 0.5) is 5.82 Å². The lowest BCUT2D eigenvalue weighted by Crippen LogP contribution is -2.03. The van der Waals surface area contributed by atoms with E-state index in [1.807, 2.05) is 12.1 Å². The van der Waals surface area contributed by atoms with Crippen molar-refractivity contribution in [1.29, 1.82) is 0 Å². The van der Waals surface area contributed by atoms with Gasteiger partial charge in [-0.2, -0.15) is 0 Å². The molecule has 0 aliphatic rings. The second-order valence-corrected chi connectivity index (χ2v) is 4.55. The average Bonchev–Trinajstić information content (AvgIpc) is 2.40. The molecule has 1 N–H and O–H groups in total. The Morgan fingerprint density at radius 2 is 1.89 bits per heavy atom. The molecule has 0 aliphatic heterocycles. The van der Waals surface area contributed by atoms with Crippen LogP contribution in [0, 0.1) is 13.8 Å². The lowest BCUT2D eigenvalue weighted by Gasteiger charge is -2.07. The fourth-order valence-electron chi connectivity index (χ4n) is 1.84. The molecule has 1 heterocycles. The summed E-state index contributed by atoms with van der Waals surface area (Å²) < 4.78 is 0. The first-order valence-electron chi connectivity index (χ1n) is 6.36. The topological polar surface area (TPSA) is 37.8 Å². The minimum Gasteiger partial charge on any atom is -0.369 e. The molecule has 0 bridgehead atoms. The lowest BCUT2D eigenvalue weighted by molar-refractivity contribution is 0.945. The van der Waals surface area contributed by atoms with Crippen molar-refractivity contribution in [3.63, 3.8) is 0 Å². The number of hydrogen-bond acceptors (Lipinski definition) is 3. The van der Waals surface area contributed by atoms with E-state index in [9.17, 15) is 0 Å². The third-order valence-corrected chi connectivity index (χ3v) is 2.89. The Bertz CT molecular complexity index is 518. The van der Waals surface area contributed by atoms with Gasteiger partial charge in [0.2, 0.25) is 0 Å². The van der Waals surface area contributed by atoms with Gasteiger partial charge in [-0.05, 0) is 44.0 Å².